The van der Waals surface area contributed by atoms with Crippen LogP contribution < -0.4 is 0 Å². The molecule has 0 aromatic rings. The second-order valence-corrected chi connectivity index (χ2v) is 14.4. The molecule has 0 radical (unpaired) electrons. The molecular weight excluding hydrogens is 456 g/mol. The number of carbonyl (C=O) groups excluding carboxylic acids is 1. The molecule has 36 heavy (non-hydrogen) atoms. The van der Waals surface area contributed by atoms with Gasteiger partial charge in [0.1, 0.15) is 11.4 Å². The van der Waals surface area contributed by atoms with Gasteiger partial charge < -0.3 is 20.1 Å². The smallest absolute Gasteiger partial charge is 0.330 e. The van der Waals surface area contributed by atoms with Crippen molar-refractivity contribution in [2.75, 3.05) is 0 Å². The molecule has 2 spiro atoms. The van der Waals surface area contributed by atoms with E-state index in [0.717, 1.165) is 19.3 Å². The molecule has 5 aliphatic rings. The molecule has 1 saturated heterocycles. The van der Waals surface area contributed by atoms with E-state index in [4.69, 9.17) is 4.74 Å². The molecule has 9 atom stereocenters. The van der Waals surface area contributed by atoms with Crippen LogP contribution in [0.1, 0.15) is 106 Å². The Hall–Kier alpha value is -1.24. The quantitative estimate of drug-likeness (QED) is 0.350. The molecule has 0 bridgehead atoms. The molecule has 1 heterocycles. The number of carboxylic acid groups (broad SMARTS) is 1. The van der Waals surface area contributed by atoms with Gasteiger partial charge in [0.05, 0.1) is 11.5 Å². The van der Waals surface area contributed by atoms with Crippen LogP contribution in [0.15, 0.2) is 11.6 Å². The molecule has 5 rings (SSSR count). The van der Waals surface area contributed by atoms with Crippen LogP contribution in [0.5, 0.6) is 0 Å². The van der Waals surface area contributed by atoms with E-state index >= 15 is 0 Å². The van der Waals surface area contributed by atoms with E-state index in [0.29, 0.717) is 44.1 Å². The van der Waals surface area contributed by atoms with Gasteiger partial charge >= 0.3 is 5.97 Å². The lowest BCUT2D eigenvalue weighted by atomic mass is 9.39. The van der Waals surface area contributed by atoms with Gasteiger partial charge in [-0.15, -0.1) is 0 Å². The van der Waals surface area contributed by atoms with Crippen LogP contribution in [-0.2, 0) is 14.3 Å². The highest BCUT2D eigenvalue weighted by molar-refractivity contribution is 5.90. The number of aliphatic carboxylic acids is 1. The van der Waals surface area contributed by atoms with Gasteiger partial charge in [0.2, 0.25) is 0 Å². The number of aliphatic hydroxyl groups excluding tert-OH is 1. The van der Waals surface area contributed by atoms with Gasteiger partial charge in [0.15, 0.2) is 5.79 Å². The summed E-state index contributed by atoms with van der Waals surface area (Å²) in [6.45, 7) is 14.9. The maximum Gasteiger partial charge on any atom is 0.330 e. The van der Waals surface area contributed by atoms with Crippen molar-refractivity contribution in [3.8, 4) is 0 Å². The highest BCUT2D eigenvalue weighted by Gasteiger charge is 2.97. The molecule has 3 N–H and O–H groups in total. The molecule has 6 heteroatoms. The molecule has 0 amide bonds. The molecule has 0 aromatic carbocycles. The summed E-state index contributed by atoms with van der Waals surface area (Å²) in [7, 11) is 0. The lowest BCUT2D eigenvalue weighted by Gasteiger charge is -2.63. The number of Topliss-reactive ketones (excluding diaryl/α,β-unsaturated/α-hetero) is 1. The summed E-state index contributed by atoms with van der Waals surface area (Å²) in [6.07, 6.45) is 7.64. The fraction of sp³-hybridized carbons (Fsp3) is 0.867. The third-order valence-electron chi connectivity index (χ3n) is 13.1. The van der Waals surface area contributed by atoms with E-state index in [-0.39, 0.29) is 45.4 Å². The third kappa shape index (κ3) is 2.65. The van der Waals surface area contributed by atoms with Crippen LogP contribution >= 0.6 is 0 Å². The molecule has 202 valence electrons. The number of ketones is 1. The van der Waals surface area contributed by atoms with Crippen molar-refractivity contribution in [2.24, 2.45) is 38.9 Å². The van der Waals surface area contributed by atoms with Gasteiger partial charge in [-0.05, 0) is 80.0 Å². The first-order chi connectivity index (χ1) is 16.5. The fourth-order valence-electron chi connectivity index (χ4n) is 10.7. The Bertz CT molecular complexity index is 1030. The molecule has 0 aromatic heterocycles. The molecule has 1 aliphatic heterocycles. The van der Waals surface area contributed by atoms with Gasteiger partial charge in [0, 0.05) is 23.8 Å². The number of epoxide rings is 1. The normalized spacial score (nSPS) is 52.0. The second kappa shape index (κ2) is 7.45. The fourth-order valence-corrected chi connectivity index (χ4v) is 10.7. The summed E-state index contributed by atoms with van der Waals surface area (Å²) in [4.78, 5) is 25.4. The first kappa shape index (κ1) is 26.4. The Morgan fingerprint density at radius 1 is 1.14 bits per heavy atom. The van der Waals surface area contributed by atoms with E-state index in [1.165, 1.54) is 0 Å². The summed E-state index contributed by atoms with van der Waals surface area (Å²) >= 11 is 0. The predicted molar refractivity (Wildman–Crippen MR) is 136 cm³/mol. The van der Waals surface area contributed by atoms with Gasteiger partial charge in [-0.3, -0.25) is 4.79 Å². The van der Waals surface area contributed by atoms with Gasteiger partial charge in [0.25, 0.3) is 0 Å². The Morgan fingerprint density at radius 3 is 2.44 bits per heavy atom. The Labute approximate surface area is 215 Å². The predicted octanol–water partition coefficient (Wildman–Crippen LogP) is 5.25. The number of ether oxygens (including phenoxy) is 1. The van der Waals surface area contributed by atoms with Gasteiger partial charge in [-0.2, -0.15) is 0 Å². The van der Waals surface area contributed by atoms with Crippen LogP contribution in [0, 0.1) is 38.9 Å². The second-order valence-electron chi connectivity index (χ2n) is 14.4. The highest BCUT2D eigenvalue weighted by Crippen LogP contribution is 2.88. The van der Waals surface area contributed by atoms with E-state index < -0.39 is 22.8 Å². The third-order valence-corrected chi connectivity index (χ3v) is 13.1. The Balaban J connectivity index is 1.56. The number of allylic oxidation sites excluding steroid dienone is 1. The van der Waals surface area contributed by atoms with Crippen molar-refractivity contribution in [2.45, 2.75) is 124 Å². The van der Waals surface area contributed by atoms with Crippen LogP contribution in [0.3, 0.4) is 0 Å². The number of fused-ring (bicyclic) bond motifs is 2. The average molecular weight is 503 g/mol. The first-order valence-electron chi connectivity index (χ1n) is 14.0. The maximum atomic E-state index is 14.2. The number of carbonyl (C=O) groups is 2. The van der Waals surface area contributed by atoms with Gasteiger partial charge in [-0.1, -0.05) is 47.6 Å². The summed E-state index contributed by atoms with van der Waals surface area (Å²) in [5, 5.41) is 32.3. The summed E-state index contributed by atoms with van der Waals surface area (Å²) in [6, 6.07) is 0. The molecule has 0 unspecified atom stereocenters. The highest BCUT2D eigenvalue weighted by atomic mass is 16.8. The first-order valence-corrected chi connectivity index (χ1v) is 14.0. The van der Waals surface area contributed by atoms with E-state index in [1.54, 1.807) is 13.0 Å². The van der Waals surface area contributed by atoms with Crippen LogP contribution in [-0.4, -0.2) is 44.6 Å². The topological polar surface area (TPSA) is 107 Å². The van der Waals surface area contributed by atoms with Crippen molar-refractivity contribution >= 4 is 11.8 Å². The van der Waals surface area contributed by atoms with Crippen LogP contribution in [0.25, 0.3) is 0 Å². The summed E-state index contributed by atoms with van der Waals surface area (Å²) in [5.74, 6) is -1.54. The van der Waals surface area contributed by atoms with Crippen LogP contribution in [0.2, 0.25) is 0 Å². The van der Waals surface area contributed by atoms with Crippen molar-refractivity contribution in [3.05, 3.63) is 11.6 Å². The zero-order valence-corrected chi connectivity index (χ0v) is 23.2. The minimum atomic E-state index is -1.31. The van der Waals surface area contributed by atoms with Gasteiger partial charge in [-0.25, -0.2) is 4.79 Å². The summed E-state index contributed by atoms with van der Waals surface area (Å²) in [5.41, 5.74) is -2.56. The van der Waals surface area contributed by atoms with Crippen molar-refractivity contribution < 1.29 is 29.6 Å². The van der Waals surface area contributed by atoms with Crippen LogP contribution in [0.4, 0.5) is 0 Å². The number of rotatable bonds is 5. The Kier molecular flexibility index (Phi) is 5.45. The van der Waals surface area contributed by atoms with Crippen molar-refractivity contribution in [1.29, 1.82) is 0 Å². The molecular formula is C30H46O6. The van der Waals surface area contributed by atoms with E-state index in [9.17, 15) is 24.9 Å². The minimum Gasteiger partial charge on any atom is -0.478 e. The monoisotopic (exact) mass is 502 g/mol. The average Bonchev–Trinajstić information content (AvgIpc) is 3.20. The van der Waals surface area contributed by atoms with Crippen molar-refractivity contribution in [1.82, 2.24) is 0 Å². The van der Waals surface area contributed by atoms with Crippen molar-refractivity contribution in [3.63, 3.8) is 0 Å². The lowest BCUT2D eigenvalue weighted by molar-refractivity contribution is -0.197. The number of hydrogen-bond acceptors (Lipinski definition) is 5. The maximum absolute atomic E-state index is 14.2. The largest absolute Gasteiger partial charge is 0.478 e. The lowest BCUT2D eigenvalue weighted by Crippen LogP contribution is -2.68. The number of aliphatic hydroxyl groups is 2. The zero-order chi connectivity index (χ0) is 26.7. The SMILES string of the molecule is C/C(=C\CC[C@@H](C)[C@@]1(C)C[C@]2(O)O[C@]23[C@]1(C)CCC(=O)[C@@]31CC[C@@H]2C(C)(C)[C@H](O)CC[C@@]21C)C(=O)O. The minimum absolute atomic E-state index is 0.191. The molecule has 6 nitrogen and oxygen atoms in total. The Morgan fingerprint density at radius 2 is 1.81 bits per heavy atom. The summed E-state index contributed by atoms with van der Waals surface area (Å²) < 4.78 is 6.55. The zero-order valence-electron chi connectivity index (χ0n) is 23.2. The molecule has 4 saturated carbocycles. The molecule has 5 fully saturated rings. The van der Waals surface area contributed by atoms with E-state index in [2.05, 4.69) is 41.5 Å². The number of hydrogen-bond donors (Lipinski definition) is 3. The standard InChI is InChI=1S/C30H46O6/c1-18(23(33)34)9-8-10-19(2)26(6)17-29(35)30(36-29)27(26,7)15-13-22(32)28(30)16-11-20-24(3,4)21(31)12-14-25(20,28)5/h9,19-21,31,35H,8,10-17H2,1-7H3,(H,33,34)/b18-9+/t19-,20-,21-,25+,26-,27-,28-,29+,30+/m1/s1. The van der Waals surface area contributed by atoms with E-state index in [1.807, 2.05) is 0 Å². The molecule has 4 aliphatic carbocycles. The number of carboxylic acids is 1.